The van der Waals surface area contributed by atoms with E-state index < -0.39 is 0 Å². The fourth-order valence-corrected chi connectivity index (χ4v) is 1.58. The minimum atomic E-state index is 0.240. The predicted molar refractivity (Wildman–Crippen MR) is 67.7 cm³/mol. The molecule has 5 heteroatoms. The molecule has 0 spiro atoms. The third kappa shape index (κ3) is 4.44. The van der Waals surface area contributed by atoms with Crippen LogP contribution < -0.4 is 5.32 Å². The Morgan fingerprint density at radius 1 is 1.35 bits per heavy atom. The fourth-order valence-electron chi connectivity index (χ4n) is 1.58. The van der Waals surface area contributed by atoms with Gasteiger partial charge in [0, 0.05) is 27.3 Å². The maximum atomic E-state index is 5.11. The Balaban J connectivity index is 2.34. The number of methoxy groups -OCH3 is 1. The van der Waals surface area contributed by atoms with Gasteiger partial charge in [-0.05, 0) is 18.8 Å². The van der Waals surface area contributed by atoms with Gasteiger partial charge in [0.15, 0.2) is 0 Å². The highest BCUT2D eigenvalue weighted by Crippen LogP contribution is 2.18. The van der Waals surface area contributed by atoms with Crippen molar-refractivity contribution >= 4 is 0 Å². The topological polar surface area (TPSA) is 52.0 Å². The predicted octanol–water partition coefficient (Wildman–Crippen LogP) is 1.28. The Kier molecular flexibility index (Phi) is 5.08. The summed E-state index contributed by atoms with van der Waals surface area (Å²) >= 11 is 0. The third-order valence-corrected chi connectivity index (χ3v) is 3.05. The molecule has 0 radical (unpaired) electrons. The molecule has 1 aromatic heterocycles. The molecule has 1 aromatic rings. The number of hydrogen-bond acceptors (Lipinski definition) is 4. The maximum absolute atomic E-state index is 5.11. The zero-order valence-electron chi connectivity index (χ0n) is 11.6. The summed E-state index contributed by atoms with van der Waals surface area (Å²) in [7, 11) is 3.73. The van der Waals surface area contributed by atoms with Crippen LogP contribution in [0.2, 0.25) is 0 Å². The summed E-state index contributed by atoms with van der Waals surface area (Å²) in [5.74, 6) is 1.92. The zero-order valence-corrected chi connectivity index (χ0v) is 11.6. The van der Waals surface area contributed by atoms with Gasteiger partial charge in [-0.15, -0.1) is 10.2 Å². The Bertz CT molecular complexity index is 346. The van der Waals surface area contributed by atoms with Crippen LogP contribution in [0.25, 0.3) is 0 Å². The van der Waals surface area contributed by atoms with Crippen LogP contribution in [0.15, 0.2) is 0 Å². The van der Waals surface area contributed by atoms with Crippen LogP contribution in [0.3, 0.4) is 0 Å². The smallest absolute Gasteiger partial charge is 0.146 e. The molecule has 0 aliphatic carbocycles. The first-order valence-electron chi connectivity index (χ1n) is 6.01. The molecule has 0 aromatic carbocycles. The minimum absolute atomic E-state index is 0.240. The lowest BCUT2D eigenvalue weighted by atomic mass is 9.90. The van der Waals surface area contributed by atoms with Crippen molar-refractivity contribution in [3.63, 3.8) is 0 Å². The number of ether oxygens (including phenoxy) is 1. The van der Waals surface area contributed by atoms with Crippen molar-refractivity contribution in [3.8, 4) is 0 Å². The number of nitrogens with zero attached hydrogens (tertiary/aromatic N) is 3. The van der Waals surface area contributed by atoms with Crippen molar-refractivity contribution in [1.29, 1.82) is 0 Å². The van der Waals surface area contributed by atoms with E-state index in [1.807, 2.05) is 18.5 Å². The molecule has 5 nitrogen and oxygen atoms in total. The summed E-state index contributed by atoms with van der Waals surface area (Å²) in [5, 5.41) is 11.6. The molecule has 1 N–H and O–H groups in total. The van der Waals surface area contributed by atoms with Gasteiger partial charge in [0.05, 0.1) is 6.54 Å². The van der Waals surface area contributed by atoms with E-state index in [0.29, 0.717) is 0 Å². The van der Waals surface area contributed by atoms with E-state index in [-0.39, 0.29) is 5.41 Å². The lowest BCUT2D eigenvalue weighted by Crippen LogP contribution is -2.30. The van der Waals surface area contributed by atoms with E-state index in [2.05, 4.69) is 29.4 Å². The molecule has 0 amide bonds. The Morgan fingerprint density at radius 2 is 2.06 bits per heavy atom. The van der Waals surface area contributed by atoms with Gasteiger partial charge in [0.2, 0.25) is 0 Å². The summed E-state index contributed by atoms with van der Waals surface area (Å²) in [5.41, 5.74) is 0.240. The maximum Gasteiger partial charge on any atom is 0.146 e. The molecule has 98 valence electrons. The summed E-state index contributed by atoms with van der Waals surface area (Å²) in [4.78, 5) is 0. The van der Waals surface area contributed by atoms with E-state index in [1.165, 1.54) is 0 Å². The van der Waals surface area contributed by atoms with Gasteiger partial charge in [0.25, 0.3) is 0 Å². The van der Waals surface area contributed by atoms with Crippen LogP contribution in [0.1, 0.15) is 31.9 Å². The zero-order chi connectivity index (χ0) is 12.9. The number of nitrogens with one attached hydrogen (secondary N) is 1. The van der Waals surface area contributed by atoms with Crippen molar-refractivity contribution in [3.05, 3.63) is 11.6 Å². The van der Waals surface area contributed by atoms with Crippen molar-refractivity contribution < 1.29 is 4.74 Å². The van der Waals surface area contributed by atoms with Crippen molar-refractivity contribution in [1.82, 2.24) is 20.1 Å². The monoisotopic (exact) mass is 240 g/mol. The van der Waals surface area contributed by atoms with E-state index in [4.69, 9.17) is 4.74 Å². The summed E-state index contributed by atoms with van der Waals surface area (Å²) in [6, 6.07) is 0. The first-order chi connectivity index (χ1) is 7.96. The second kappa shape index (κ2) is 6.12. The first-order valence-corrected chi connectivity index (χ1v) is 6.01. The SMILES string of the molecule is COCCC(C)(C)CNCc1nnc(C)n1C. The quantitative estimate of drug-likeness (QED) is 0.780. The van der Waals surface area contributed by atoms with E-state index in [9.17, 15) is 0 Å². The summed E-state index contributed by atoms with van der Waals surface area (Å²) in [6.07, 6.45) is 1.05. The molecule has 0 unspecified atom stereocenters. The van der Waals surface area contributed by atoms with Gasteiger partial charge in [-0.2, -0.15) is 0 Å². The van der Waals surface area contributed by atoms with Crippen molar-refractivity contribution in [2.45, 2.75) is 33.7 Å². The van der Waals surface area contributed by atoms with Gasteiger partial charge in [-0.25, -0.2) is 0 Å². The molecule has 0 aliphatic rings. The standard InChI is InChI=1S/C12H24N4O/c1-10-14-15-11(16(10)4)8-13-9-12(2,3)6-7-17-5/h13H,6-9H2,1-5H3. The summed E-state index contributed by atoms with van der Waals surface area (Å²) in [6.45, 7) is 8.94. The second-order valence-electron chi connectivity index (χ2n) is 5.23. The fraction of sp³-hybridized carbons (Fsp3) is 0.833. The molecule has 0 atom stereocenters. The van der Waals surface area contributed by atoms with Crippen molar-refractivity contribution in [2.75, 3.05) is 20.3 Å². The Labute approximate surface area is 104 Å². The van der Waals surface area contributed by atoms with Gasteiger partial charge < -0.3 is 14.6 Å². The third-order valence-electron chi connectivity index (χ3n) is 3.05. The molecule has 0 bridgehead atoms. The molecule has 0 fully saturated rings. The largest absolute Gasteiger partial charge is 0.385 e. The Hall–Kier alpha value is -0.940. The molecule has 0 saturated carbocycles. The van der Waals surface area contributed by atoms with Crippen molar-refractivity contribution in [2.24, 2.45) is 12.5 Å². The molecule has 0 saturated heterocycles. The average Bonchev–Trinajstić information content (AvgIpc) is 2.58. The van der Waals surface area contributed by atoms with Gasteiger partial charge >= 0.3 is 0 Å². The van der Waals surface area contributed by atoms with E-state index in [1.54, 1.807) is 7.11 Å². The van der Waals surface area contributed by atoms with Crippen LogP contribution >= 0.6 is 0 Å². The molecule has 1 rings (SSSR count). The van der Waals surface area contributed by atoms with E-state index >= 15 is 0 Å². The van der Waals surface area contributed by atoms with Crippen LogP contribution in [0.4, 0.5) is 0 Å². The second-order valence-corrected chi connectivity index (χ2v) is 5.23. The lowest BCUT2D eigenvalue weighted by Gasteiger charge is -2.24. The van der Waals surface area contributed by atoms with Crippen LogP contribution in [-0.2, 0) is 18.3 Å². The number of aromatic nitrogens is 3. The molecular weight excluding hydrogens is 216 g/mol. The number of rotatable bonds is 7. The summed E-state index contributed by atoms with van der Waals surface area (Å²) < 4.78 is 7.12. The van der Waals surface area contributed by atoms with Gasteiger partial charge in [-0.1, -0.05) is 13.8 Å². The normalized spacial score (nSPS) is 12.1. The molecule has 0 aliphatic heterocycles. The highest BCUT2D eigenvalue weighted by atomic mass is 16.5. The highest BCUT2D eigenvalue weighted by molar-refractivity contribution is 4.92. The van der Waals surface area contributed by atoms with E-state index in [0.717, 1.165) is 37.8 Å². The molecule has 17 heavy (non-hydrogen) atoms. The van der Waals surface area contributed by atoms with Gasteiger partial charge in [-0.3, -0.25) is 0 Å². The molecule has 1 heterocycles. The Morgan fingerprint density at radius 3 is 2.59 bits per heavy atom. The minimum Gasteiger partial charge on any atom is -0.385 e. The molecular formula is C12H24N4O. The van der Waals surface area contributed by atoms with Crippen LogP contribution in [0, 0.1) is 12.3 Å². The van der Waals surface area contributed by atoms with Gasteiger partial charge in [0.1, 0.15) is 11.6 Å². The average molecular weight is 240 g/mol. The first kappa shape index (κ1) is 14.1. The van der Waals surface area contributed by atoms with Crippen LogP contribution in [-0.4, -0.2) is 35.0 Å². The number of hydrogen-bond donors (Lipinski definition) is 1. The highest BCUT2D eigenvalue weighted by Gasteiger charge is 2.17. The number of aryl methyl sites for hydroxylation is 1. The van der Waals surface area contributed by atoms with Crippen LogP contribution in [0.5, 0.6) is 0 Å². The lowest BCUT2D eigenvalue weighted by molar-refractivity contribution is 0.150.